The largest absolute Gasteiger partial charge is 0.484 e. The first-order chi connectivity index (χ1) is 44.2. The van der Waals surface area contributed by atoms with Crippen LogP contribution in [0.2, 0.25) is 10.0 Å². The van der Waals surface area contributed by atoms with Gasteiger partial charge in [-0.05, 0) is 181 Å². The highest BCUT2D eigenvalue weighted by molar-refractivity contribution is 7.91. The molecular formula is C66H92Cl2N10O12S2. The van der Waals surface area contributed by atoms with Crippen LogP contribution in [0.25, 0.3) is 4.85 Å². The zero-order valence-corrected chi connectivity index (χ0v) is 57.1. The Labute approximate surface area is 554 Å². The number of sulfone groups is 1. The number of carbonyl (C=O) groups excluding carboxylic acids is 2. The number of halogens is 2. The van der Waals surface area contributed by atoms with Crippen LogP contribution in [-0.4, -0.2) is 212 Å². The molecular weight excluding hydrogens is 1260 g/mol. The van der Waals surface area contributed by atoms with Crippen LogP contribution in [0, 0.1) is 17.9 Å². The van der Waals surface area contributed by atoms with Crippen molar-refractivity contribution in [3.8, 4) is 17.6 Å². The zero-order chi connectivity index (χ0) is 66.2. The number of hydrogen-bond acceptors (Lipinski definition) is 18. The summed E-state index contributed by atoms with van der Waals surface area (Å²) < 4.78 is 88.3. The van der Waals surface area contributed by atoms with E-state index in [0.717, 1.165) is 74.2 Å². The number of carbonyl (C=O) groups is 2. The van der Waals surface area contributed by atoms with Gasteiger partial charge in [0.15, 0.2) is 15.5 Å². The fourth-order valence-corrected chi connectivity index (χ4v) is 14.7. The SMILES string of the molecule is COCCCS(=O)(=O)c1ccc(O[C@H]2c3cc(Cl)cc(C#N)c3C[C@@H]2N2CCN[C@H](N(C)C)C2)cc1.[C-]#[N+]c1cc(Cl)cc2c1C[C@H](N1CCC[C@H](N(C)C)C1)[C@H]2Oc1ccc(S(=O)(=O)NCCOCCOCCCC(=O)CCCNC(=O)NCCOCCC)cc1. The van der Waals surface area contributed by atoms with Crippen molar-refractivity contribution in [2.45, 2.75) is 117 Å². The third kappa shape index (κ3) is 21.8. The number of ether oxygens (including phenoxy) is 6. The van der Waals surface area contributed by atoms with E-state index >= 15 is 0 Å². The van der Waals surface area contributed by atoms with Crippen LogP contribution in [0.3, 0.4) is 0 Å². The highest BCUT2D eigenvalue weighted by Crippen LogP contribution is 2.45. The van der Waals surface area contributed by atoms with Gasteiger partial charge < -0.3 is 44.0 Å². The van der Waals surface area contributed by atoms with Crippen LogP contribution in [0.15, 0.2) is 82.6 Å². The molecule has 0 radical (unpaired) electrons. The summed E-state index contributed by atoms with van der Waals surface area (Å²) in [4.78, 5) is 37.2. The molecule has 4 aromatic rings. The van der Waals surface area contributed by atoms with Crippen molar-refractivity contribution in [1.82, 2.24) is 40.3 Å². The van der Waals surface area contributed by atoms with E-state index < -0.39 is 19.9 Å². The van der Waals surface area contributed by atoms with Crippen molar-refractivity contribution in [2.24, 2.45) is 0 Å². The maximum Gasteiger partial charge on any atom is 0.314 e. The lowest BCUT2D eigenvalue weighted by atomic mass is 10.0. The molecule has 0 aromatic heterocycles. The second-order valence-electron chi connectivity index (χ2n) is 23.8. The Kier molecular flexibility index (Phi) is 29.7. The molecule has 2 aliphatic carbocycles. The third-order valence-electron chi connectivity index (χ3n) is 16.8. The summed E-state index contributed by atoms with van der Waals surface area (Å²) in [5.41, 5.74) is 4.87. The number of nitrogens with zero attached hydrogens (tertiary/aromatic N) is 6. The number of hydrogen-bond donors (Lipinski definition) is 4. The number of sulfonamides is 1. The van der Waals surface area contributed by atoms with Gasteiger partial charge in [-0.1, -0.05) is 30.1 Å². The maximum absolute atomic E-state index is 13.0. The predicted molar refractivity (Wildman–Crippen MR) is 355 cm³/mol. The fourth-order valence-electron chi connectivity index (χ4n) is 11.9. The number of benzene rings is 4. The number of nitriles is 1. The number of likely N-dealkylation sites (tertiary alicyclic amines) is 1. The highest BCUT2D eigenvalue weighted by Gasteiger charge is 2.43. The average Bonchev–Trinajstić information content (AvgIpc) is 1.65. The molecule has 2 amide bonds. The van der Waals surface area contributed by atoms with Gasteiger partial charge in [-0.25, -0.2) is 31.2 Å². The molecule has 4 aromatic carbocycles. The van der Waals surface area contributed by atoms with Gasteiger partial charge in [0.05, 0.1) is 78.4 Å². The molecule has 4 N–H and O–H groups in total. The number of piperazine rings is 1. The lowest BCUT2D eigenvalue weighted by Gasteiger charge is -2.41. The number of Topliss-reactive ketones (excluding diaryl/α,β-unsaturated/α-hetero) is 1. The number of nitrogens with one attached hydrogen (secondary N) is 4. The molecule has 2 saturated heterocycles. The lowest BCUT2D eigenvalue weighted by Crippen LogP contribution is -2.59. The van der Waals surface area contributed by atoms with Gasteiger partial charge in [0.25, 0.3) is 0 Å². The normalized spacial score (nSPS) is 20.0. The smallest absolute Gasteiger partial charge is 0.314 e. The van der Waals surface area contributed by atoms with Crippen molar-refractivity contribution >= 4 is 60.6 Å². The fraction of sp³-hybridized carbons (Fsp3) is 0.576. The molecule has 2 aliphatic heterocycles. The molecule has 26 heteroatoms. The summed E-state index contributed by atoms with van der Waals surface area (Å²) >= 11 is 12.8. The van der Waals surface area contributed by atoms with Crippen molar-refractivity contribution in [3.63, 3.8) is 0 Å². The van der Waals surface area contributed by atoms with Gasteiger partial charge in [-0.2, -0.15) is 5.26 Å². The van der Waals surface area contributed by atoms with Crippen molar-refractivity contribution < 1.29 is 54.8 Å². The molecule has 8 rings (SSSR count). The monoisotopic (exact) mass is 1350 g/mol. The summed E-state index contributed by atoms with van der Waals surface area (Å²) in [6, 6.07) is 22.7. The standard InChI is InChI=1S/C40H59ClN6O8S.C26H33ClN4O4S/c1-5-20-52-22-17-44-40(49)43-16-6-10-32(48)11-8-21-53-24-25-54-23-18-45-56(50,51)34-14-12-33(13-15-34)55-39-36-26-30(41)27-37(42-2)35(36)28-38(39)47-19-7-9-31(29-47)46(3)4;1-30(2)25-17-31(10-9-29-25)24-15-22-18(16-28)13-19(27)14-23(22)26(24)35-20-5-7-21(8-6-20)36(32,33)12-4-11-34-3/h12-15,26-27,31,38-39,45H,5-11,16-25,28-29H2,1,3-4H3,(H2,43,44,49);5-8,13-14,24-26,29H,4,9-12,15,17H2,1-3H3/t31-,38-,39-;24-,25+,26-/m00/s1. The van der Waals surface area contributed by atoms with E-state index in [2.05, 4.69) is 79.4 Å². The van der Waals surface area contributed by atoms with E-state index in [-0.39, 0.29) is 71.0 Å². The molecule has 2 heterocycles. The number of ketones is 1. The van der Waals surface area contributed by atoms with Gasteiger partial charge in [-0.15, -0.1) is 0 Å². The molecule has 4 aliphatic rings. The predicted octanol–water partition coefficient (Wildman–Crippen LogP) is 7.99. The molecule has 0 bridgehead atoms. The van der Waals surface area contributed by atoms with Crippen molar-refractivity contribution in [2.75, 3.05) is 140 Å². The summed E-state index contributed by atoms with van der Waals surface area (Å²) in [5.74, 6) is 1.26. The Morgan fingerprint density at radius 3 is 1.96 bits per heavy atom. The van der Waals surface area contributed by atoms with E-state index in [0.29, 0.717) is 137 Å². The molecule has 2 fully saturated rings. The number of methoxy groups -OCH3 is 1. The molecule has 0 saturated carbocycles. The van der Waals surface area contributed by atoms with Crippen LogP contribution in [-0.2, 0) is 56.4 Å². The van der Waals surface area contributed by atoms with Crippen LogP contribution in [0.1, 0.15) is 98.3 Å². The second kappa shape index (κ2) is 37.0. The Morgan fingerprint density at radius 1 is 0.717 bits per heavy atom. The first-order valence-corrected chi connectivity index (χ1v) is 35.6. The van der Waals surface area contributed by atoms with Gasteiger partial charge in [-0.3, -0.25) is 24.8 Å². The van der Waals surface area contributed by atoms with Crippen molar-refractivity contribution in [1.29, 1.82) is 5.26 Å². The zero-order valence-electron chi connectivity index (χ0n) is 53.9. The van der Waals surface area contributed by atoms with Crippen LogP contribution in [0.4, 0.5) is 10.5 Å². The number of fused-ring (bicyclic) bond motifs is 2. The Bertz CT molecular complexity index is 3340. The van der Waals surface area contributed by atoms with E-state index in [1.54, 1.807) is 55.6 Å². The Morgan fingerprint density at radius 2 is 1.32 bits per heavy atom. The van der Waals surface area contributed by atoms with E-state index in [1.165, 1.54) is 12.1 Å². The van der Waals surface area contributed by atoms with Crippen LogP contribution in [0.5, 0.6) is 11.5 Å². The topological polar surface area (TPSA) is 247 Å². The Hall–Kier alpha value is -5.52. The molecule has 6 atom stereocenters. The summed E-state index contributed by atoms with van der Waals surface area (Å²) in [5, 5.41) is 19.7. The molecule has 504 valence electrons. The molecule has 0 unspecified atom stereocenters. The summed E-state index contributed by atoms with van der Waals surface area (Å²) in [7, 11) is 2.70. The van der Waals surface area contributed by atoms with Gasteiger partial charge >= 0.3 is 6.03 Å². The molecule has 22 nitrogen and oxygen atoms in total. The Balaban J connectivity index is 0.000000286. The number of amides is 2. The summed E-state index contributed by atoms with van der Waals surface area (Å²) in [6.45, 7) is 17.9. The maximum atomic E-state index is 13.0. The van der Waals surface area contributed by atoms with E-state index in [1.807, 2.05) is 19.1 Å². The second-order valence-corrected chi connectivity index (χ2v) is 28.6. The third-order valence-corrected chi connectivity index (χ3v) is 20.5. The molecule has 92 heavy (non-hydrogen) atoms. The minimum absolute atomic E-state index is 0.0128. The first kappa shape index (κ1) is 73.9. The first-order valence-electron chi connectivity index (χ1n) is 31.7. The van der Waals surface area contributed by atoms with E-state index in [4.69, 9.17) is 58.2 Å². The number of piperidine rings is 1. The minimum atomic E-state index is -3.78. The van der Waals surface area contributed by atoms with E-state index in [9.17, 15) is 31.7 Å². The van der Waals surface area contributed by atoms with Crippen LogP contribution >= 0.6 is 23.2 Å². The average molecular weight is 1350 g/mol. The van der Waals surface area contributed by atoms with Crippen LogP contribution < -0.4 is 30.1 Å². The van der Waals surface area contributed by atoms with Gasteiger partial charge in [0, 0.05) is 102 Å². The quantitative estimate of drug-likeness (QED) is 0.0256. The van der Waals surface area contributed by atoms with Gasteiger partial charge in [0.2, 0.25) is 10.0 Å². The molecule has 0 spiro atoms. The van der Waals surface area contributed by atoms with Gasteiger partial charge in [0.1, 0.15) is 29.5 Å². The minimum Gasteiger partial charge on any atom is -0.484 e. The number of urea groups is 1. The van der Waals surface area contributed by atoms with Crippen molar-refractivity contribution in [3.05, 3.63) is 122 Å². The highest BCUT2D eigenvalue weighted by atomic mass is 35.5. The lowest BCUT2D eigenvalue weighted by molar-refractivity contribution is -0.119. The summed E-state index contributed by atoms with van der Waals surface area (Å²) in [6.07, 6.45) is 6.42. The number of likely N-dealkylation sites (N-methyl/N-ethyl adjacent to an activating group) is 2. The number of rotatable bonds is 34.